The molecule has 0 saturated heterocycles. The van der Waals surface area contributed by atoms with E-state index in [0.29, 0.717) is 27.5 Å². The van der Waals surface area contributed by atoms with Crippen molar-refractivity contribution in [3.8, 4) is 5.75 Å². The molecule has 0 spiro atoms. The molecule has 0 fully saturated rings. The summed E-state index contributed by atoms with van der Waals surface area (Å²) >= 11 is 12.2. The lowest BCUT2D eigenvalue weighted by Gasteiger charge is -2.17. The Hall–Kier alpha value is -4.14. The average molecular weight is 525 g/mol. The third kappa shape index (κ3) is 4.95. The number of anilines is 2. The van der Waals surface area contributed by atoms with E-state index in [1.807, 2.05) is 0 Å². The van der Waals surface area contributed by atoms with Crippen LogP contribution in [-0.2, 0) is 14.3 Å². The normalized spacial score (nSPS) is 13.2. The van der Waals surface area contributed by atoms with Crippen molar-refractivity contribution in [3.05, 3.63) is 99.2 Å². The number of carbonyl (C=O) groups is 4. The Morgan fingerprint density at radius 3 is 2.06 bits per heavy atom. The minimum absolute atomic E-state index is 0.0861. The Balaban J connectivity index is 1.45. The number of nitrogens with zero attached hydrogens (tertiary/aromatic N) is 1. The molecule has 1 aliphatic heterocycles. The Kier molecular flexibility index (Phi) is 7.10. The largest absolute Gasteiger partial charge is 0.465 e. The van der Waals surface area contributed by atoms with Crippen LogP contribution in [0, 0.1) is 6.92 Å². The van der Waals surface area contributed by atoms with E-state index >= 15 is 0 Å². The molecule has 3 aromatic rings. The minimum atomic E-state index is -0.659. The topological polar surface area (TPSA) is 102 Å². The number of aryl methyl sites for hydroxylation is 1. The number of esters is 2. The smallest absolute Gasteiger partial charge is 0.343 e. The Labute approximate surface area is 216 Å². The Bertz CT molecular complexity index is 1420. The molecule has 0 bridgehead atoms. The number of hydrogen-bond donors (Lipinski definition) is 1. The second-order valence-electron chi connectivity index (χ2n) is 7.67. The summed E-state index contributed by atoms with van der Waals surface area (Å²) in [6.07, 6.45) is 0. The molecule has 0 radical (unpaired) electrons. The van der Waals surface area contributed by atoms with E-state index in [4.69, 9.17) is 27.9 Å². The maximum absolute atomic E-state index is 13.0. The molecule has 0 saturated carbocycles. The summed E-state index contributed by atoms with van der Waals surface area (Å²) in [6.45, 7) is 1.73. The first kappa shape index (κ1) is 25.0. The number of hydrogen-bond acceptors (Lipinski definition) is 7. The van der Waals surface area contributed by atoms with E-state index in [-0.39, 0.29) is 22.0 Å². The van der Waals surface area contributed by atoms with E-state index in [1.165, 1.54) is 43.5 Å². The summed E-state index contributed by atoms with van der Waals surface area (Å²) in [7, 11) is 1.27. The van der Waals surface area contributed by atoms with Gasteiger partial charge in [0.1, 0.15) is 16.5 Å². The van der Waals surface area contributed by atoms with Crippen LogP contribution in [0.1, 0.15) is 26.3 Å². The molecule has 1 aliphatic rings. The van der Waals surface area contributed by atoms with Crippen LogP contribution in [-0.4, -0.2) is 30.9 Å². The lowest BCUT2D eigenvalue weighted by atomic mass is 10.2. The average Bonchev–Trinajstić information content (AvgIpc) is 3.07. The van der Waals surface area contributed by atoms with Gasteiger partial charge in [-0.25, -0.2) is 14.5 Å². The minimum Gasteiger partial charge on any atom is -0.465 e. The zero-order valence-electron chi connectivity index (χ0n) is 19.0. The number of rotatable bonds is 6. The van der Waals surface area contributed by atoms with Crippen LogP contribution in [0.4, 0.5) is 11.4 Å². The first-order valence-electron chi connectivity index (χ1n) is 10.5. The van der Waals surface area contributed by atoms with E-state index in [0.717, 1.165) is 4.90 Å². The van der Waals surface area contributed by atoms with Gasteiger partial charge >= 0.3 is 11.9 Å². The van der Waals surface area contributed by atoms with E-state index in [2.05, 4.69) is 10.1 Å². The van der Waals surface area contributed by atoms with Crippen molar-refractivity contribution in [2.45, 2.75) is 6.92 Å². The first-order chi connectivity index (χ1) is 17.2. The van der Waals surface area contributed by atoms with Crippen LogP contribution >= 0.6 is 23.2 Å². The highest BCUT2D eigenvalue weighted by Crippen LogP contribution is 2.33. The SMILES string of the molecule is COC(=O)c1ccc(OC(=O)c2ccc(NC3=C(Cl)C(=O)N(c4ccc(Cl)cc4C)C3=O)cc2)cc1. The maximum Gasteiger partial charge on any atom is 0.343 e. The highest BCUT2D eigenvalue weighted by atomic mass is 35.5. The lowest BCUT2D eigenvalue weighted by Crippen LogP contribution is -2.32. The van der Waals surface area contributed by atoms with Crippen LogP contribution in [0.3, 0.4) is 0 Å². The van der Waals surface area contributed by atoms with Crippen molar-refractivity contribution in [1.82, 2.24) is 0 Å². The van der Waals surface area contributed by atoms with E-state index in [9.17, 15) is 19.2 Å². The summed E-state index contributed by atoms with van der Waals surface area (Å²) in [5, 5.41) is 3.07. The van der Waals surface area contributed by atoms with Gasteiger partial charge in [-0.15, -0.1) is 0 Å². The molecule has 1 heterocycles. The molecule has 8 nitrogen and oxygen atoms in total. The van der Waals surface area contributed by atoms with Crippen LogP contribution in [0.15, 0.2) is 77.5 Å². The van der Waals surface area contributed by atoms with Crippen LogP contribution in [0.2, 0.25) is 5.02 Å². The monoisotopic (exact) mass is 524 g/mol. The van der Waals surface area contributed by atoms with Gasteiger partial charge in [0, 0.05) is 10.7 Å². The first-order valence-corrected chi connectivity index (χ1v) is 11.3. The van der Waals surface area contributed by atoms with Crippen molar-refractivity contribution in [2.24, 2.45) is 0 Å². The van der Waals surface area contributed by atoms with Crippen molar-refractivity contribution >= 4 is 58.3 Å². The van der Waals surface area contributed by atoms with Gasteiger partial charge in [0.2, 0.25) is 0 Å². The quantitative estimate of drug-likeness (QED) is 0.272. The fourth-order valence-electron chi connectivity index (χ4n) is 3.48. The van der Waals surface area contributed by atoms with Crippen molar-refractivity contribution in [3.63, 3.8) is 0 Å². The molecule has 0 aromatic heterocycles. The van der Waals surface area contributed by atoms with Gasteiger partial charge in [-0.1, -0.05) is 23.2 Å². The zero-order valence-corrected chi connectivity index (χ0v) is 20.5. The number of nitrogens with one attached hydrogen (secondary N) is 1. The van der Waals surface area contributed by atoms with Crippen LogP contribution < -0.4 is 15.0 Å². The van der Waals surface area contributed by atoms with Crippen LogP contribution in [0.5, 0.6) is 5.75 Å². The fourth-order valence-corrected chi connectivity index (χ4v) is 3.92. The fraction of sp³-hybridized carbons (Fsp3) is 0.0769. The van der Waals surface area contributed by atoms with Gasteiger partial charge in [0.05, 0.1) is 23.9 Å². The molecule has 4 rings (SSSR count). The van der Waals surface area contributed by atoms with Crippen molar-refractivity contribution in [1.29, 1.82) is 0 Å². The maximum atomic E-state index is 13.0. The predicted molar refractivity (Wildman–Crippen MR) is 134 cm³/mol. The van der Waals surface area contributed by atoms with Gasteiger partial charge in [0.25, 0.3) is 11.8 Å². The molecule has 10 heteroatoms. The molecule has 3 aromatic carbocycles. The van der Waals surface area contributed by atoms with Gasteiger partial charge in [0.15, 0.2) is 0 Å². The molecule has 0 atom stereocenters. The summed E-state index contributed by atoms with van der Waals surface area (Å²) in [5.74, 6) is -2.15. The predicted octanol–water partition coefficient (Wildman–Crippen LogP) is 5.09. The number of ether oxygens (including phenoxy) is 2. The number of carbonyl (C=O) groups excluding carboxylic acids is 4. The third-order valence-electron chi connectivity index (χ3n) is 5.30. The van der Waals surface area contributed by atoms with Crippen molar-refractivity contribution in [2.75, 3.05) is 17.3 Å². The number of amides is 2. The standard InChI is InChI=1S/C26H18Cl2N2O6/c1-14-13-17(27)7-12-20(14)30-23(31)21(28)22(24(30)32)29-18-8-3-16(4-9-18)26(34)36-19-10-5-15(6-11-19)25(33)35-2/h3-13,29H,1-2H3. The summed E-state index contributed by atoms with van der Waals surface area (Å²) in [5.41, 5.74) is 1.92. The molecule has 36 heavy (non-hydrogen) atoms. The third-order valence-corrected chi connectivity index (χ3v) is 5.89. The molecule has 0 aliphatic carbocycles. The highest BCUT2D eigenvalue weighted by Gasteiger charge is 2.39. The second-order valence-corrected chi connectivity index (χ2v) is 8.49. The molecule has 182 valence electrons. The van der Waals surface area contributed by atoms with Crippen LogP contribution in [0.25, 0.3) is 0 Å². The number of halogens is 2. The van der Waals surface area contributed by atoms with Crippen molar-refractivity contribution < 1.29 is 28.7 Å². The van der Waals surface area contributed by atoms with Gasteiger partial charge < -0.3 is 14.8 Å². The lowest BCUT2D eigenvalue weighted by molar-refractivity contribution is -0.120. The highest BCUT2D eigenvalue weighted by molar-refractivity contribution is 6.53. The summed E-state index contributed by atoms with van der Waals surface area (Å²) in [4.78, 5) is 50.7. The number of benzene rings is 3. The van der Waals surface area contributed by atoms with Gasteiger partial charge in [-0.3, -0.25) is 9.59 Å². The molecular formula is C26H18Cl2N2O6. The summed E-state index contributed by atoms with van der Waals surface area (Å²) in [6, 6.07) is 16.8. The Morgan fingerprint density at radius 1 is 0.833 bits per heavy atom. The van der Waals surface area contributed by atoms with E-state index < -0.39 is 23.8 Å². The second kappa shape index (κ2) is 10.2. The van der Waals surface area contributed by atoms with E-state index in [1.54, 1.807) is 37.3 Å². The molecule has 1 N–H and O–H groups in total. The number of methoxy groups -OCH3 is 1. The van der Waals surface area contributed by atoms with Gasteiger partial charge in [-0.2, -0.15) is 0 Å². The number of imide groups is 1. The zero-order chi connectivity index (χ0) is 26.0. The Morgan fingerprint density at radius 2 is 1.44 bits per heavy atom. The molecule has 0 unspecified atom stereocenters. The van der Waals surface area contributed by atoms with Gasteiger partial charge in [-0.05, 0) is 79.2 Å². The molecular weight excluding hydrogens is 507 g/mol. The summed E-state index contributed by atoms with van der Waals surface area (Å²) < 4.78 is 9.95. The molecule has 2 amide bonds.